The number of nitrogens with two attached hydrogens (primary N) is 1. The van der Waals surface area contributed by atoms with Crippen molar-refractivity contribution in [2.24, 2.45) is 5.73 Å². The first-order valence-corrected chi connectivity index (χ1v) is 7.51. The molecule has 2 rings (SSSR count). The van der Waals surface area contributed by atoms with E-state index in [1.54, 1.807) is 0 Å². The molecule has 0 saturated heterocycles. The van der Waals surface area contributed by atoms with Crippen molar-refractivity contribution < 1.29 is 9.59 Å². The zero-order valence-corrected chi connectivity index (χ0v) is 12.7. The van der Waals surface area contributed by atoms with Gasteiger partial charge >= 0.3 is 0 Å². The Morgan fingerprint density at radius 3 is 2.90 bits per heavy atom. The first kappa shape index (κ1) is 15.5. The number of rotatable bonds is 6. The standard InChI is InChI=1S/C16H23N3O2/c1-3-5-11(2)19-10-13-12(16(19)21)6-4-7-14(13)18-15(20)8-9-17/h4,6-7,11H,3,5,8-10,17H2,1-2H3,(H,18,20). The lowest BCUT2D eigenvalue weighted by atomic mass is 10.1. The second kappa shape index (κ2) is 6.72. The third-order valence-electron chi connectivity index (χ3n) is 3.88. The molecule has 0 spiro atoms. The van der Waals surface area contributed by atoms with Crippen LogP contribution >= 0.6 is 0 Å². The molecule has 114 valence electrons. The van der Waals surface area contributed by atoms with Crippen LogP contribution in [0.2, 0.25) is 0 Å². The highest BCUT2D eigenvalue weighted by atomic mass is 16.2. The molecule has 1 aromatic rings. The lowest BCUT2D eigenvalue weighted by Crippen LogP contribution is -2.33. The number of amides is 2. The Morgan fingerprint density at radius 2 is 2.24 bits per heavy atom. The highest BCUT2D eigenvalue weighted by Crippen LogP contribution is 2.31. The minimum atomic E-state index is -0.113. The first-order valence-electron chi connectivity index (χ1n) is 7.51. The Morgan fingerprint density at radius 1 is 1.48 bits per heavy atom. The number of fused-ring (bicyclic) bond motifs is 1. The molecule has 0 saturated carbocycles. The molecule has 21 heavy (non-hydrogen) atoms. The van der Waals surface area contributed by atoms with Crippen LogP contribution in [0.5, 0.6) is 0 Å². The van der Waals surface area contributed by atoms with Crippen LogP contribution in [0.15, 0.2) is 18.2 Å². The van der Waals surface area contributed by atoms with Crippen LogP contribution in [0.3, 0.4) is 0 Å². The summed E-state index contributed by atoms with van der Waals surface area (Å²) in [5.41, 5.74) is 7.73. The number of carbonyl (C=O) groups is 2. The molecule has 1 aromatic carbocycles. The molecule has 3 N–H and O–H groups in total. The molecule has 2 amide bonds. The first-order chi connectivity index (χ1) is 10.1. The van der Waals surface area contributed by atoms with E-state index in [-0.39, 0.29) is 24.3 Å². The van der Waals surface area contributed by atoms with Crippen molar-refractivity contribution in [2.75, 3.05) is 11.9 Å². The molecule has 5 nitrogen and oxygen atoms in total. The van der Waals surface area contributed by atoms with Crippen molar-refractivity contribution in [3.05, 3.63) is 29.3 Å². The van der Waals surface area contributed by atoms with Crippen molar-refractivity contribution in [3.63, 3.8) is 0 Å². The van der Waals surface area contributed by atoms with E-state index in [4.69, 9.17) is 5.73 Å². The van der Waals surface area contributed by atoms with Crippen LogP contribution in [0.25, 0.3) is 0 Å². The summed E-state index contributed by atoms with van der Waals surface area (Å²) in [6.45, 7) is 5.07. The van der Waals surface area contributed by atoms with E-state index < -0.39 is 0 Å². The topological polar surface area (TPSA) is 75.4 Å². The Balaban J connectivity index is 2.21. The zero-order valence-electron chi connectivity index (χ0n) is 12.7. The largest absolute Gasteiger partial charge is 0.331 e. The fraction of sp³-hybridized carbons (Fsp3) is 0.500. The van der Waals surface area contributed by atoms with Gasteiger partial charge in [-0.3, -0.25) is 9.59 Å². The molecule has 1 aliphatic rings. The van der Waals surface area contributed by atoms with Crippen LogP contribution in [-0.2, 0) is 11.3 Å². The van der Waals surface area contributed by atoms with Gasteiger partial charge in [-0.1, -0.05) is 19.4 Å². The molecule has 0 aliphatic carbocycles. The van der Waals surface area contributed by atoms with Gasteiger partial charge in [0.15, 0.2) is 0 Å². The fourth-order valence-corrected chi connectivity index (χ4v) is 2.74. The van der Waals surface area contributed by atoms with Gasteiger partial charge in [-0.15, -0.1) is 0 Å². The molecule has 1 unspecified atom stereocenters. The SMILES string of the molecule is CCCC(C)N1Cc2c(NC(=O)CCN)cccc2C1=O. The Bertz CT molecular complexity index is 542. The lowest BCUT2D eigenvalue weighted by Gasteiger charge is -2.23. The van der Waals surface area contributed by atoms with E-state index in [9.17, 15) is 9.59 Å². The Labute approximate surface area is 125 Å². The van der Waals surface area contributed by atoms with Crippen LogP contribution in [0, 0.1) is 0 Å². The van der Waals surface area contributed by atoms with Gasteiger partial charge in [0.05, 0.1) is 0 Å². The van der Waals surface area contributed by atoms with Crippen molar-refractivity contribution >= 4 is 17.5 Å². The monoisotopic (exact) mass is 289 g/mol. The maximum atomic E-state index is 12.5. The predicted molar refractivity (Wildman–Crippen MR) is 83.0 cm³/mol. The van der Waals surface area contributed by atoms with E-state index in [0.717, 1.165) is 24.1 Å². The summed E-state index contributed by atoms with van der Waals surface area (Å²) < 4.78 is 0. The van der Waals surface area contributed by atoms with Crippen molar-refractivity contribution in [1.82, 2.24) is 4.90 Å². The molecular formula is C16H23N3O2. The number of benzene rings is 1. The van der Waals surface area contributed by atoms with Crippen LogP contribution < -0.4 is 11.1 Å². The number of anilines is 1. The van der Waals surface area contributed by atoms with Crippen molar-refractivity contribution in [1.29, 1.82) is 0 Å². The normalized spacial score (nSPS) is 15.0. The summed E-state index contributed by atoms with van der Waals surface area (Å²) in [6.07, 6.45) is 2.31. The number of carbonyl (C=O) groups excluding carboxylic acids is 2. The molecule has 1 aliphatic heterocycles. The number of hydrogen-bond donors (Lipinski definition) is 2. The zero-order chi connectivity index (χ0) is 15.4. The van der Waals surface area contributed by atoms with Crippen LogP contribution in [-0.4, -0.2) is 29.3 Å². The smallest absolute Gasteiger partial charge is 0.254 e. The minimum Gasteiger partial charge on any atom is -0.331 e. The fourth-order valence-electron chi connectivity index (χ4n) is 2.74. The van der Waals surface area contributed by atoms with Gasteiger partial charge in [0.25, 0.3) is 5.91 Å². The van der Waals surface area contributed by atoms with Gasteiger partial charge in [0.1, 0.15) is 0 Å². The molecule has 0 fully saturated rings. The third kappa shape index (κ3) is 3.24. The summed E-state index contributed by atoms with van der Waals surface area (Å²) in [6, 6.07) is 5.69. The number of nitrogens with one attached hydrogen (secondary N) is 1. The van der Waals surface area contributed by atoms with E-state index >= 15 is 0 Å². The lowest BCUT2D eigenvalue weighted by molar-refractivity contribution is -0.116. The summed E-state index contributed by atoms with van der Waals surface area (Å²) >= 11 is 0. The van der Waals surface area contributed by atoms with Crippen molar-refractivity contribution in [3.8, 4) is 0 Å². The Kier molecular flexibility index (Phi) is 4.96. The molecule has 0 bridgehead atoms. The molecule has 1 heterocycles. The van der Waals surface area contributed by atoms with Gasteiger partial charge in [-0.05, 0) is 25.5 Å². The van der Waals surface area contributed by atoms with E-state index in [0.29, 0.717) is 18.7 Å². The average molecular weight is 289 g/mol. The van der Waals surface area contributed by atoms with Gasteiger partial charge in [-0.25, -0.2) is 0 Å². The second-order valence-electron chi connectivity index (χ2n) is 5.49. The highest BCUT2D eigenvalue weighted by molar-refractivity contribution is 6.02. The highest BCUT2D eigenvalue weighted by Gasteiger charge is 2.32. The summed E-state index contributed by atoms with van der Waals surface area (Å²) in [5, 5.41) is 2.86. The van der Waals surface area contributed by atoms with Crippen LogP contribution in [0.1, 0.15) is 49.0 Å². The number of nitrogens with zero attached hydrogens (tertiary/aromatic N) is 1. The Hall–Kier alpha value is -1.88. The summed E-state index contributed by atoms with van der Waals surface area (Å²) in [5.74, 6) is -0.0562. The van der Waals surface area contributed by atoms with E-state index in [1.165, 1.54) is 0 Å². The van der Waals surface area contributed by atoms with Crippen LogP contribution in [0.4, 0.5) is 5.69 Å². The molecule has 0 aromatic heterocycles. The van der Waals surface area contributed by atoms with Crippen molar-refractivity contribution in [2.45, 2.75) is 45.7 Å². The maximum Gasteiger partial charge on any atom is 0.254 e. The van der Waals surface area contributed by atoms with Gasteiger partial charge in [0.2, 0.25) is 5.91 Å². The minimum absolute atomic E-state index is 0.0564. The number of hydrogen-bond acceptors (Lipinski definition) is 3. The second-order valence-corrected chi connectivity index (χ2v) is 5.49. The summed E-state index contributed by atoms with van der Waals surface area (Å²) in [4.78, 5) is 26.1. The van der Waals surface area contributed by atoms with Gasteiger partial charge in [-0.2, -0.15) is 0 Å². The molecular weight excluding hydrogens is 266 g/mol. The van der Waals surface area contributed by atoms with Gasteiger partial charge < -0.3 is 16.0 Å². The molecule has 1 atom stereocenters. The van der Waals surface area contributed by atoms with E-state index in [2.05, 4.69) is 19.2 Å². The predicted octanol–water partition coefficient (Wildman–Crippen LogP) is 2.12. The third-order valence-corrected chi connectivity index (χ3v) is 3.88. The molecule has 5 heteroatoms. The maximum absolute atomic E-state index is 12.5. The summed E-state index contributed by atoms with van der Waals surface area (Å²) in [7, 11) is 0. The average Bonchev–Trinajstić information content (AvgIpc) is 2.78. The molecule has 0 radical (unpaired) electrons. The quantitative estimate of drug-likeness (QED) is 0.842. The van der Waals surface area contributed by atoms with E-state index in [1.807, 2.05) is 23.1 Å². The van der Waals surface area contributed by atoms with Gasteiger partial charge in [0, 0.05) is 42.4 Å².